The van der Waals surface area contributed by atoms with E-state index in [1.807, 2.05) is 5.01 Å². The Morgan fingerprint density at radius 2 is 2.24 bits per heavy atom. The fourth-order valence-electron chi connectivity index (χ4n) is 2.70. The summed E-state index contributed by atoms with van der Waals surface area (Å²) in [5.41, 5.74) is 4.09. The van der Waals surface area contributed by atoms with Gasteiger partial charge in [-0.3, -0.25) is 10.2 Å². The number of hydrazine groups is 1. The first kappa shape index (κ1) is 14.3. The van der Waals surface area contributed by atoms with Crippen LogP contribution in [0.2, 0.25) is 0 Å². The van der Waals surface area contributed by atoms with Crippen molar-refractivity contribution in [3.05, 3.63) is 29.7 Å². The van der Waals surface area contributed by atoms with Gasteiger partial charge in [0.15, 0.2) is 5.58 Å². The van der Waals surface area contributed by atoms with Crippen LogP contribution in [0.1, 0.15) is 24.5 Å². The van der Waals surface area contributed by atoms with Gasteiger partial charge in [0, 0.05) is 30.5 Å². The SMILES string of the molecule is O=C(CCl)NN1CCC(c2noc3cc(F)ccc23)CC1. The molecule has 3 rings (SSSR count). The first-order chi connectivity index (χ1) is 10.2. The summed E-state index contributed by atoms with van der Waals surface area (Å²) in [5, 5.41) is 6.82. The summed E-state index contributed by atoms with van der Waals surface area (Å²) in [5.74, 6) is -0.318. The molecule has 2 aromatic rings. The first-order valence-electron chi connectivity index (χ1n) is 6.82. The molecule has 1 fully saturated rings. The Hall–Kier alpha value is -1.66. The number of aromatic nitrogens is 1. The Kier molecular flexibility index (Phi) is 4.07. The maximum atomic E-state index is 13.1. The number of halogens is 2. The van der Waals surface area contributed by atoms with Gasteiger partial charge in [-0.15, -0.1) is 11.6 Å². The Balaban J connectivity index is 1.70. The predicted octanol–water partition coefficient (Wildman–Crippen LogP) is 2.42. The quantitative estimate of drug-likeness (QED) is 0.884. The van der Waals surface area contributed by atoms with Gasteiger partial charge in [0.1, 0.15) is 11.7 Å². The van der Waals surface area contributed by atoms with E-state index in [0.29, 0.717) is 5.58 Å². The molecule has 1 saturated heterocycles. The van der Waals surface area contributed by atoms with Crippen LogP contribution in [0.25, 0.3) is 11.0 Å². The first-order valence-corrected chi connectivity index (χ1v) is 7.36. The average Bonchev–Trinajstić information content (AvgIpc) is 2.90. The molecule has 0 spiro atoms. The van der Waals surface area contributed by atoms with Gasteiger partial charge in [0.05, 0.1) is 5.69 Å². The molecule has 112 valence electrons. The van der Waals surface area contributed by atoms with Crippen LogP contribution < -0.4 is 5.43 Å². The molecule has 5 nitrogen and oxygen atoms in total. The fraction of sp³-hybridized carbons (Fsp3) is 0.429. The van der Waals surface area contributed by atoms with E-state index in [0.717, 1.165) is 37.0 Å². The molecule has 0 aliphatic carbocycles. The third-order valence-electron chi connectivity index (χ3n) is 3.75. The summed E-state index contributed by atoms with van der Waals surface area (Å²) in [6, 6.07) is 4.47. The number of alkyl halides is 1. The molecule has 0 bridgehead atoms. The molecule has 1 amide bonds. The molecule has 7 heteroatoms. The molecular formula is C14H15ClFN3O2. The zero-order chi connectivity index (χ0) is 14.8. The van der Waals surface area contributed by atoms with Crippen LogP contribution in [0.5, 0.6) is 0 Å². The van der Waals surface area contributed by atoms with Gasteiger partial charge in [-0.05, 0) is 25.0 Å². The minimum absolute atomic E-state index is 0.0422. The van der Waals surface area contributed by atoms with Crippen molar-refractivity contribution in [3.63, 3.8) is 0 Å². The molecular weight excluding hydrogens is 297 g/mol. The molecule has 21 heavy (non-hydrogen) atoms. The maximum Gasteiger partial charge on any atom is 0.249 e. The molecule has 1 aromatic carbocycles. The molecule has 0 radical (unpaired) electrons. The highest BCUT2D eigenvalue weighted by Crippen LogP contribution is 2.32. The van der Waals surface area contributed by atoms with Gasteiger partial charge in [0.25, 0.3) is 0 Å². The van der Waals surface area contributed by atoms with Crippen molar-refractivity contribution in [2.45, 2.75) is 18.8 Å². The highest BCUT2D eigenvalue weighted by molar-refractivity contribution is 6.27. The second kappa shape index (κ2) is 5.99. The van der Waals surface area contributed by atoms with E-state index < -0.39 is 0 Å². The highest BCUT2D eigenvalue weighted by Gasteiger charge is 2.25. The van der Waals surface area contributed by atoms with E-state index in [2.05, 4.69) is 10.6 Å². The number of carbonyl (C=O) groups is 1. The van der Waals surface area contributed by atoms with E-state index in [9.17, 15) is 9.18 Å². The number of rotatable bonds is 3. The van der Waals surface area contributed by atoms with Crippen LogP contribution >= 0.6 is 11.6 Å². The molecule has 1 N–H and O–H groups in total. The van der Waals surface area contributed by atoms with Crippen molar-refractivity contribution in [2.24, 2.45) is 0 Å². The summed E-state index contributed by atoms with van der Waals surface area (Å²) in [6.45, 7) is 1.45. The topological polar surface area (TPSA) is 58.4 Å². The summed E-state index contributed by atoms with van der Waals surface area (Å²) in [6.07, 6.45) is 1.70. The van der Waals surface area contributed by atoms with Crippen LogP contribution in [0.15, 0.2) is 22.7 Å². The van der Waals surface area contributed by atoms with Gasteiger partial charge >= 0.3 is 0 Å². The number of nitrogens with zero attached hydrogens (tertiary/aromatic N) is 2. The van der Waals surface area contributed by atoms with E-state index in [1.54, 1.807) is 6.07 Å². The van der Waals surface area contributed by atoms with Crippen molar-refractivity contribution in [1.29, 1.82) is 0 Å². The van der Waals surface area contributed by atoms with E-state index in [-0.39, 0.29) is 23.5 Å². The van der Waals surface area contributed by atoms with E-state index >= 15 is 0 Å². The van der Waals surface area contributed by atoms with E-state index in [4.69, 9.17) is 16.1 Å². The summed E-state index contributed by atoms with van der Waals surface area (Å²) >= 11 is 5.47. The number of hydrogen-bond acceptors (Lipinski definition) is 4. The molecule has 1 aliphatic heterocycles. The minimum Gasteiger partial charge on any atom is -0.356 e. The van der Waals surface area contributed by atoms with Crippen molar-refractivity contribution >= 4 is 28.5 Å². The van der Waals surface area contributed by atoms with Crippen molar-refractivity contribution in [1.82, 2.24) is 15.6 Å². The number of piperidine rings is 1. The Morgan fingerprint density at radius 1 is 1.48 bits per heavy atom. The standard InChI is InChI=1S/C14H15ClFN3O2/c15-8-13(20)17-19-5-3-9(4-6-19)14-11-2-1-10(16)7-12(11)21-18-14/h1-2,7,9H,3-6,8H2,(H,17,20). The second-order valence-electron chi connectivity index (χ2n) is 5.14. The number of benzene rings is 1. The minimum atomic E-state index is -0.330. The lowest BCUT2D eigenvalue weighted by atomic mass is 9.92. The van der Waals surface area contributed by atoms with Crippen molar-refractivity contribution in [3.8, 4) is 0 Å². The monoisotopic (exact) mass is 311 g/mol. The zero-order valence-corrected chi connectivity index (χ0v) is 12.1. The molecule has 0 unspecified atom stereocenters. The smallest absolute Gasteiger partial charge is 0.249 e. The van der Waals surface area contributed by atoms with Crippen LogP contribution in [0, 0.1) is 5.82 Å². The third-order valence-corrected chi connectivity index (χ3v) is 3.99. The Bertz CT molecular complexity index is 653. The highest BCUT2D eigenvalue weighted by atomic mass is 35.5. The van der Waals surface area contributed by atoms with E-state index in [1.165, 1.54) is 12.1 Å². The summed E-state index contributed by atoms with van der Waals surface area (Å²) < 4.78 is 18.4. The average molecular weight is 312 g/mol. The van der Waals surface area contributed by atoms with Crippen molar-refractivity contribution in [2.75, 3.05) is 19.0 Å². The zero-order valence-electron chi connectivity index (χ0n) is 11.3. The van der Waals surface area contributed by atoms with Gasteiger partial charge in [-0.2, -0.15) is 0 Å². The van der Waals surface area contributed by atoms with Crippen LogP contribution in [-0.2, 0) is 4.79 Å². The fourth-order valence-corrected chi connectivity index (χ4v) is 2.76. The lowest BCUT2D eigenvalue weighted by Gasteiger charge is -2.31. The Morgan fingerprint density at radius 3 is 2.95 bits per heavy atom. The molecule has 0 atom stereocenters. The molecule has 2 heterocycles. The summed E-state index contributed by atoms with van der Waals surface area (Å²) in [7, 11) is 0. The van der Waals surface area contributed by atoms with Gasteiger partial charge < -0.3 is 4.52 Å². The lowest BCUT2D eigenvalue weighted by Crippen LogP contribution is -2.46. The predicted molar refractivity (Wildman–Crippen MR) is 76.4 cm³/mol. The van der Waals surface area contributed by atoms with Crippen molar-refractivity contribution < 1.29 is 13.7 Å². The second-order valence-corrected chi connectivity index (χ2v) is 5.41. The van der Waals surface area contributed by atoms with Crippen LogP contribution in [-0.4, -0.2) is 35.0 Å². The molecule has 1 aliphatic rings. The number of carbonyl (C=O) groups excluding carboxylic acids is 1. The number of nitrogens with one attached hydrogen (secondary N) is 1. The summed E-state index contributed by atoms with van der Waals surface area (Å²) in [4.78, 5) is 11.2. The molecule has 1 aromatic heterocycles. The number of hydrogen-bond donors (Lipinski definition) is 1. The number of fused-ring (bicyclic) bond motifs is 1. The van der Waals surface area contributed by atoms with Gasteiger partial charge in [-0.25, -0.2) is 9.40 Å². The molecule has 0 saturated carbocycles. The largest absolute Gasteiger partial charge is 0.356 e. The number of amides is 1. The lowest BCUT2D eigenvalue weighted by molar-refractivity contribution is -0.123. The third kappa shape index (κ3) is 3.01. The van der Waals surface area contributed by atoms with Gasteiger partial charge in [0.2, 0.25) is 5.91 Å². The Labute approximate surface area is 126 Å². The normalized spacial score (nSPS) is 17.2. The maximum absolute atomic E-state index is 13.1. The van der Waals surface area contributed by atoms with Crippen LogP contribution in [0.4, 0.5) is 4.39 Å². The van der Waals surface area contributed by atoms with Gasteiger partial charge in [-0.1, -0.05) is 5.16 Å². The van der Waals surface area contributed by atoms with Crippen LogP contribution in [0.3, 0.4) is 0 Å².